The van der Waals surface area contributed by atoms with Gasteiger partial charge in [-0.2, -0.15) is 0 Å². The molecule has 0 spiro atoms. The summed E-state index contributed by atoms with van der Waals surface area (Å²) < 4.78 is 14.6. The number of hydrogen-bond acceptors (Lipinski definition) is 6. The molecule has 8 nitrogen and oxygen atoms in total. The molecule has 0 aromatic carbocycles. The Morgan fingerprint density at radius 1 is 0.705 bits per heavy atom. The molecule has 6 rings (SSSR count). The van der Waals surface area contributed by atoms with E-state index in [-0.39, 0.29) is 52.0 Å². The monoisotopic (exact) mass is 681 g/mol. The maximum atomic E-state index is 12.5. The molecule has 44 heavy (non-hydrogen) atoms. The highest BCUT2D eigenvalue weighted by atomic mass is 79.9. The highest BCUT2D eigenvalue weighted by molar-refractivity contribution is 5.66. The minimum absolute atomic E-state index is 0. The minimum Gasteiger partial charge on any atom is -1.00 e. The number of ether oxygens (including phenoxy) is 2. The van der Waals surface area contributed by atoms with E-state index in [1.165, 1.54) is 25.7 Å². The molecule has 0 aromatic rings. The molecule has 4 saturated carbocycles. The first-order chi connectivity index (χ1) is 20.1. The van der Waals surface area contributed by atoms with Crippen LogP contribution in [0, 0.1) is 34.5 Å². The molecule has 2 aliphatic heterocycles. The van der Waals surface area contributed by atoms with Crippen molar-refractivity contribution in [1.29, 1.82) is 0 Å². The van der Waals surface area contributed by atoms with Gasteiger partial charge in [-0.25, -0.2) is 0 Å². The fraction of sp³-hybridized carbons (Fsp3) is 0.943. The topological polar surface area (TPSA) is 59.1 Å². The van der Waals surface area contributed by atoms with Crippen molar-refractivity contribution in [2.45, 2.75) is 96.9 Å². The number of fused-ring (bicyclic) bond motifs is 5. The quantitative estimate of drug-likeness (QED) is 0.321. The first-order valence-electron chi connectivity index (χ1n) is 17.6. The number of carbonyl (C=O) groups is 2. The lowest BCUT2D eigenvalue weighted by molar-refractivity contribution is -0.894. The van der Waals surface area contributed by atoms with E-state index in [1.54, 1.807) is 13.8 Å². The minimum atomic E-state index is -0.123. The number of carbonyl (C=O) groups excluding carboxylic acids is 2. The summed E-state index contributed by atoms with van der Waals surface area (Å²) in [6, 6.07) is 0.656. The highest BCUT2D eigenvalue weighted by Gasteiger charge is 2.65. The Bertz CT molecular complexity index is 1070. The Balaban J connectivity index is 0.00000384. The fourth-order valence-corrected chi connectivity index (χ4v) is 11.4. The van der Waals surface area contributed by atoms with Gasteiger partial charge in [0.2, 0.25) is 0 Å². The molecule has 0 aromatic heterocycles. The number of rotatable bonds is 4. The molecule has 2 saturated heterocycles. The summed E-state index contributed by atoms with van der Waals surface area (Å²) in [6.07, 6.45) is 8.22. The predicted molar refractivity (Wildman–Crippen MR) is 168 cm³/mol. The maximum absolute atomic E-state index is 12.5. The van der Waals surface area contributed by atoms with Crippen molar-refractivity contribution in [2.75, 3.05) is 80.5 Å². The van der Waals surface area contributed by atoms with Crippen molar-refractivity contribution in [3.05, 3.63) is 0 Å². The van der Waals surface area contributed by atoms with Gasteiger partial charge >= 0.3 is 11.9 Å². The average Bonchev–Trinajstić information content (AvgIpc) is 3.20. The zero-order chi connectivity index (χ0) is 30.9. The summed E-state index contributed by atoms with van der Waals surface area (Å²) >= 11 is 0. The Kier molecular flexibility index (Phi) is 9.73. The summed E-state index contributed by atoms with van der Waals surface area (Å²) in [4.78, 5) is 30.2. The van der Waals surface area contributed by atoms with E-state index in [4.69, 9.17) is 9.47 Å². The molecule has 0 radical (unpaired) electrons. The molecule has 6 fully saturated rings. The van der Waals surface area contributed by atoms with Crippen molar-refractivity contribution in [1.82, 2.24) is 9.80 Å². The van der Waals surface area contributed by atoms with Crippen molar-refractivity contribution in [2.24, 2.45) is 34.5 Å². The van der Waals surface area contributed by atoms with Crippen LogP contribution < -0.4 is 17.0 Å². The van der Waals surface area contributed by atoms with Crippen LogP contribution in [0.25, 0.3) is 0 Å². The van der Waals surface area contributed by atoms with Gasteiger partial charge in [-0.05, 0) is 74.0 Å². The number of esters is 2. The number of piperazine rings is 2. The largest absolute Gasteiger partial charge is 1.00 e. The predicted octanol–water partition coefficient (Wildman–Crippen LogP) is 0.638. The van der Waals surface area contributed by atoms with Gasteiger partial charge in [0.25, 0.3) is 0 Å². The lowest BCUT2D eigenvalue weighted by atomic mass is 9.44. The third kappa shape index (κ3) is 6.27. The van der Waals surface area contributed by atoms with E-state index in [9.17, 15) is 9.59 Å². The van der Waals surface area contributed by atoms with Crippen LogP contribution in [0.15, 0.2) is 0 Å². The van der Waals surface area contributed by atoms with Gasteiger partial charge in [-0.15, -0.1) is 0 Å². The summed E-state index contributed by atoms with van der Waals surface area (Å²) in [5, 5.41) is 0. The summed E-state index contributed by atoms with van der Waals surface area (Å²) in [5.41, 5.74) is 0.308. The second kappa shape index (κ2) is 12.4. The average molecular weight is 683 g/mol. The number of nitrogens with zero attached hydrogens (tertiary/aromatic N) is 4. The normalized spacial score (nSPS) is 45.2. The number of hydrogen-bond donors (Lipinski definition) is 0. The van der Waals surface area contributed by atoms with E-state index >= 15 is 0 Å². The molecule has 0 amide bonds. The standard InChI is InChI=1S/C35H62N4O4.BrH/c1-24(40)42-32-21-26-9-10-27-28(35(26,4)23-31(32)37-15-19-39(7,8)20-16-37)11-12-34(3)29(27)22-30(33(34)43-25(2)41)36-13-17-38(5,6)18-14-36;/h26-33H,9-23H2,1-8H3;1H/q+2;/p-1/t26-,27+,28-,29-,30-,31-,32-,33-,34-,35-;/m0./s1. The molecule has 6 aliphatic rings. The van der Waals surface area contributed by atoms with Gasteiger partial charge in [0.15, 0.2) is 0 Å². The SMILES string of the molecule is CC(=O)O[C@H]1C[C@@H]2CC[C@@H]3[C@H](CC[C@@]4(C)[C@H]3C[C@H](N3CC[N+](C)(C)CC3)[C@@H]4OC(C)=O)[C@@]2(C)C[C@@H]1N1CC[N+](C)(C)CC1.[Br-]. The van der Waals surface area contributed by atoms with Crippen LogP contribution in [-0.2, 0) is 19.1 Å². The van der Waals surface area contributed by atoms with Gasteiger partial charge < -0.3 is 35.4 Å². The number of likely N-dealkylation sites (N-methyl/N-ethyl adjacent to an activating group) is 2. The van der Waals surface area contributed by atoms with Gasteiger partial charge in [-0.1, -0.05) is 13.8 Å². The second-order valence-corrected chi connectivity index (χ2v) is 17.5. The molecule has 0 unspecified atom stereocenters. The van der Waals surface area contributed by atoms with Gasteiger partial charge in [-0.3, -0.25) is 19.4 Å². The fourth-order valence-electron chi connectivity index (χ4n) is 11.4. The lowest BCUT2D eigenvalue weighted by Crippen LogP contribution is -3.00. The molecule has 0 N–H and O–H groups in total. The Hall–Kier alpha value is -0.740. The van der Waals surface area contributed by atoms with Crippen molar-refractivity contribution < 1.29 is 45.0 Å². The van der Waals surface area contributed by atoms with Crippen LogP contribution in [0.3, 0.4) is 0 Å². The van der Waals surface area contributed by atoms with E-state index < -0.39 is 0 Å². The highest BCUT2D eigenvalue weighted by Crippen LogP contribution is 2.67. The van der Waals surface area contributed by atoms with E-state index in [0.717, 1.165) is 80.6 Å². The van der Waals surface area contributed by atoms with Crippen LogP contribution >= 0.6 is 0 Å². The lowest BCUT2D eigenvalue weighted by Gasteiger charge is -2.62. The van der Waals surface area contributed by atoms with Gasteiger partial charge in [0, 0.05) is 57.5 Å². The molecule has 0 bridgehead atoms. The molecular weight excluding hydrogens is 620 g/mol. The van der Waals surface area contributed by atoms with Crippen LogP contribution in [0.1, 0.15) is 72.6 Å². The number of quaternary nitrogens is 2. The third-order valence-corrected chi connectivity index (χ3v) is 14.1. The zero-order valence-electron chi connectivity index (χ0n) is 29.0. The molecule has 10 atom stereocenters. The molecule has 2 heterocycles. The van der Waals surface area contributed by atoms with E-state index in [0.29, 0.717) is 35.8 Å². The summed E-state index contributed by atoms with van der Waals surface area (Å²) in [5.74, 6) is 2.35. The van der Waals surface area contributed by atoms with Crippen LogP contribution in [0.4, 0.5) is 0 Å². The Morgan fingerprint density at radius 3 is 1.80 bits per heavy atom. The zero-order valence-corrected chi connectivity index (χ0v) is 30.6. The van der Waals surface area contributed by atoms with E-state index in [2.05, 4.69) is 51.8 Å². The summed E-state index contributed by atoms with van der Waals surface area (Å²) in [6.45, 7) is 17.3. The number of halogens is 1. The molecule has 4 aliphatic carbocycles. The van der Waals surface area contributed by atoms with Crippen LogP contribution in [0.5, 0.6) is 0 Å². The molecule has 9 heteroatoms. The maximum Gasteiger partial charge on any atom is 0.302 e. The first-order valence-corrected chi connectivity index (χ1v) is 17.6. The van der Waals surface area contributed by atoms with Crippen molar-refractivity contribution in [3.8, 4) is 0 Å². The third-order valence-electron chi connectivity index (χ3n) is 14.1. The summed E-state index contributed by atoms with van der Waals surface area (Å²) in [7, 11) is 9.36. The Morgan fingerprint density at radius 2 is 1.25 bits per heavy atom. The molecule has 252 valence electrons. The Labute approximate surface area is 278 Å². The van der Waals surface area contributed by atoms with Crippen LogP contribution in [0.2, 0.25) is 0 Å². The van der Waals surface area contributed by atoms with E-state index in [1.807, 2.05) is 0 Å². The molecular formula is C35H62BrN4O4+. The van der Waals surface area contributed by atoms with Crippen molar-refractivity contribution in [3.63, 3.8) is 0 Å². The first kappa shape index (κ1) is 34.6. The van der Waals surface area contributed by atoms with Crippen LogP contribution in [-0.4, -0.2) is 136 Å². The van der Waals surface area contributed by atoms with Gasteiger partial charge in [0.1, 0.15) is 12.2 Å². The van der Waals surface area contributed by atoms with Crippen molar-refractivity contribution >= 4 is 11.9 Å². The van der Waals surface area contributed by atoms with Gasteiger partial charge in [0.05, 0.1) is 54.4 Å². The second-order valence-electron chi connectivity index (χ2n) is 17.5. The smallest absolute Gasteiger partial charge is 0.302 e.